The summed E-state index contributed by atoms with van der Waals surface area (Å²) in [7, 11) is 0. The summed E-state index contributed by atoms with van der Waals surface area (Å²) < 4.78 is 12.1. The molecule has 0 aliphatic heterocycles. The minimum atomic E-state index is 0.234. The van der Waals surface area contributed by atoms with Crippen molar-refractivity contribution < 1.29 is 9.47 Å². The first-order valence-corrected chi connectivity index (χ1v) is 7.90. The predicted octanol–water partition coefficient (Wildman–Crippen LogP) is 3.51. The molecule has 2 N–H and O–H groups in total. The molecule has 0 aromatic heterocycles. The van der Waals surface area contributed by atoms with Gasteiger partial charge in [0.2, 0.25) is 0 Å². The van der Waals surface area contributed by atoms with Crippen LogP contribution in [-0.2, 0) is 0 Å². The summed E-state index contributed by atoms with van der Waals surface area (Å²) in [6, 6.07) is 8.32. The lowest BCUT2D eigenvalue weighted by atomic mass is 9.61. The molecule has 0 saturated heterocycles. The third-order valence-electron chi connectivity index (χ3n) is 4.96. The molecule has 3 nitrogen and oxygen atoms in total. The van der Waals surface area contributed by atoms with Gasteiger partial charge >= 0.3 is 0 Å². The van der Waals surface area contributed by atoms with Crippen LogP contribution in [0.2, 0.25) is 0 Å². The molecule has 2 aliphatic rings. The molecule has 3 heteroatoms. The maximum atomic E-state index is 6.28. The second-order valence-electron chi connectivity index (χ2n) is 6.18. The highest BCUT2D eigenvalue weighted by molar-refractivity contribution is 5.40. The number of ether oxygens (including phenoxy) is 2. The van der Waals surface area contributed by atoms with Gasteiger partial charge in [0.25, 0.3) is 0 Å². The van der Waals surface area contributed by atoms with Gasteiger partial charge in [0, 0.05) is 17.9 Å². The average Bonchev–Trinajstić information content (AvgIpc) is 2.98. The quantitative estimate of drug-likeness (QED) is 0.894. The third kappa shape index (κ3) is 2.28. The summed E-state index contributed by atoms with van der Waals surface area (Å²) in [6.07, 6.45) is 7.28. The van der Waals surface area contributed by atoms with E-state index in [0.29, 0.717) is 6.04 Å². The van der Waals surface area contributed by atoms with Gasteiger partial charge in [0.05, 0.1) is 6.61 Å². The van der Waals surface area contributed by atoms with E-state index in [1.54, 1.807) is 0 Å². The van der Waals surface area contributed by atoms with Crippen LogP contribution in [0.15, 0.2) is 24.3 Å². The van der Waals surface area contributed by atoms with E-state index >= 15 is 0 Å². The summed E-state index contributed by atoms with van der Waals surface area (Å²) >= 11 is 0. The monoisotopic (exact) mass is 275 g/mol. The Balaban J connectivity index is 1.72. The Bertz CT molecular complexity index is 454. The zero-order chi connectivity index (χ0) is 14.0. The van der Waals surface area contributed by atoms with E-state index in [0.717, 1.165) is 30.9 Å². The number of para-hydroxylation sites is 2. The summed E-state index contributed by atoms with van der Waals surface area (Å²) in [6.45, 7) is 2.84. The van der Waals surface area contributed by atoms with Crippen LogP contribution < -0.4 is 15.2 Å². The van der Waals surface area contributed by atoms with E-state index in [2.05, 4.69) is 6.92 Å². The molecule has 3 rings (SSSR count). The molecule has 2 saturated carbocycles. The van der Waals surface area contributed by atoms with Crippen molar-refractivity contribution in [3.63, 3.8) is 0 Å². The van der Waals surface area contributed by atoms with Crippen LogP contribution in [0, 0.1) is 5.41 Å². The number of benzene rings is 1. The first-order valence-electron chi connectivity index (χ1n) is 7.90. The first kappa shape index (κ1) is 13.7. The molecule has 0 radical (unpaired) electrons. The molecule has 110 valence electrons. The Labute approximate surface area is 121 Å². The largest absolute Gasteiger partial charge is 0.490 e. The number of rotatable bonds is 5. The van der Waals surface area contributed by atoms with Gasteiger partial charge in [-0.2, -0.15) is 0 Å². The van der Waals surface area contributed by atoms with Gasteiger partial charge in [-0.05, 0) is 31.4 Å². The molecule has 2 unspecified atom stereocenters. The van der Waals surface area contributed by atoms with Crippen LogP contribution in [0.4, 0.5) is 0 Å². The van der Waals surface area contributed by atoms with Crippen molar-refractivity contribution in [2.24, 2.45) is 11.1 Å². The fraction of sp³-hybridized carbons (Fsp3) is 0.647. The highest BCUT2D eigenvalue weighted by atomic mass is 16.5. The molecular weight excluding hydrogens is 250 g/mol. The van der Waals surface area contributed by atoms with Gasteiger partial charge in [-0.1, -0.05) is 31.9 Å². The first-order chi connectivity index (χ1) is 9.76. The Kier molecular flexibility index (Phi) is 3.88. The molecule has 2 aliphatic carbocycles. The summed E-state index contributed by atoms with van der Waals surface area (Å²) in [5.74, 6) is 1.74. The van der Waals surface area contributed by atoms with E-state index in [1.807, 2.05) is 24.3 Å². The smallest absolute Gasteiger partial charge is 0.161 e. The minimum absolute atomic E-state index is 0.234. The van der Waals surface area contributed by atoms with Gasteiger partial charge in [-0.25, -0.2) is 0 Å². The summed E-state index contributed by atoms with van der Waals surface area (Å²) in [5.41, 5.74) is 6.50. The molecular formula is C17H25NO2. The molecule has 0 amide bonds. The number of nitrogens with two attached hydrogens (primary N) is 1. The molecule has 0 heterocycles. The second kappa shape index (κ2) is 5.65. The minimum Gasteiger partial charge on any atom is -0.490 e. The van der Waals surface area contributed by atoms with Crippen molar-refractivity contribution in [1.82, 2.24) is 0 Å². The van der Waals surface area contributed by atoms with Gasteiger partial charge in [0.1, 0.15) is 6.10 Å². The van der Waals surface area contributed by atoms with Gasteiger partial charge in [-0.15, -0.1) is 0 Å². The van der Waals surface area contributed by atoms with Gasteiger partial charge in [-0.3, -0.25) is 0 Å². The lowest BCUT2D eigenvalue weighted by molar-refractivity contribution is -0.0631. The molecule has 1 aromatic carbocycles. The highest BCUT2D eigenvalue weighted by Gasteiger charge is 2.56. The number of hydrogen-bond donors (Lipinski definition) is 1. The molecule has 20 heavy (non-hydrogen) atoms. The van der Waals surface area contributed by atoms with Crippen molar-refractivity contribution in [3.05, 3.63) is 24.3 Å². The Hall–Kier alpha value is -1.22. The van der Waals surface area contributed by atoms with Crippen LogP contribution in [-0.4, -0.2) is 18.8 Å². The second-order valence-corrected chi connectivity index (χ2v) is 6.18. The lowest BCUT2D eigenvalue weighted by Gasteiger charge is -2.52. The van der Waals surface area contributed by atoms with Crippen LogP contribution in [0.1, 0.15) is 45.4 Å². The van der Waals surface area contributed by atoms with E-state index in [-0.39, 0.29) is 11.5 Å². The van der Waals surface area contributed by atoms with Crippen LogP contribution in [0.5, 0.6) is 11.5 Å². The summed E-state index contributed by atoms with van der Waals surface area (Å²) in [4.78, 5) is 0. The number of hydrogen-bond acceptors (Lipinski definition) is 3. The topological polar surface area (TPSA) is 44.5 Å². The van der Waals surface area contributed by atoms with Crippen molar-refractivity contribution in [1.29, 1.82) is 0 Å². The molecule has 0 bridgehead atoms. The molecule has 2 fully saturated rings. The average molecular weight is 275 g/mol. The van der Waals surface area contributed by atoms with Gasteiger partial charge in [0.15, 0.2) is 11.5 Å². The Morgan fingerprint density at radius 3 is 2.55 bits per heavy atom. The standard InChI is InChI=1S/C17H25NO2/c1-2-11-19-13-7-3-4-8-14(13)20-16-12-15(18)17(16)9-5-6-10-17/h3-4,7-8,15-16H,2,5-6,9-12,18H2,1H3. The predicted molar refractivity (Wildman–Crippen MR) is 80.1 cm³/mol. The van der Waals surface area contributed by atoms with Crippen molar-refractivity contribution in [2.75, 3.05) is 6.61 Å². The normalized spacial score (nSPS) is 27.3. The van der Waals surface area contributed by atoms with E-state index in [4.69, 9.17) is 15.2 Å². The maximum Gasteiger partial charge on any atom is 0.161 e. The van der Waals surface area contributed by atoms with E-state index in [1.165, 1.54) is 25.7 Å². The fourth-order valence-electron chi connectivity index (χ4n) is 3.70. The highest BCUT2D eigenvalue weighted by Crippen LogP contribution is 2.54. The zero-order valence-electron chi connectivity index (χ0n) is 12.3. The van der Waals surface area contributed by atoms with Crippen LogP contribution >= 0.6 is 0 Å². The van der Waals surface area contributed by atoms with Crippen molar-refractivity contribution in [3.8, 4) is 11.5 Å². The Morgan fingerprint density at radius 1 is 1.20 bits per heavy atom. The van der Waals surface area contributed by atoms with Crippen molar-refractivity contribution >= 4 is 0 Å². The Morgan fingerprint density at radius 2 is 1.90 bits per heavy atom. The maximum absolute atomic E-state index is 6.28. The van der Waals surface area contributed by atoms with Crippen LogP contribution in [0.25, 0.3) is 0 Å². The molecule has 1 aromatic rings. The third-order valence-corrected chi connectivity index (χ3v) is 4.96. The van der Waals surface area contributed by atoms with E-state index < -0.39 is 0 Å². The fourth-order valence-corrected chi connectivity index (χ4v) is 3.70. The summed E-state index contributed by atoms with van der Waals surface area (Å²) in [5, 5.41) is 0. The SMILES string of the molecule is CCCOc1ccccc1OC1CC(N)C12CCCC2. The lowest BCUT2D eigenvalue weighted by Crippen LogP contribution is -2.62. The van der Waals surface area contributed by atoms with Crippen LogP contribution in [0.3, 0.4) is 0 Å². The molecule has 1 spiro atoms. The molecule has 2 atom stereocenters. The van der Waals surface area contributed by atoms with Gasteiger partial charge < -0.3 is 15.2 Å². The van der Waals surface area contributed by atoms with E-state index in [9.17, 15) is 0 Å². The zero-order valence-corrected chi connectivity index (χ0v) is 12.3. The van der Waals surface area contributed by atoms with Crippen molar-refractivity contribution in [2.45, 2.75) is 57.6 Å².